The third-order valence-electron chi connectivity index (χ3n) is 3.42. The van der Waals surface area contributed by atoms with E-state index in [0.29, 0.717) is 32.3 Å². The molecule has 0 unspecified atom stereocenters. The zero-order valence-electron chi connectivity index (χ0n) is 13.0. The van der Waals surface area contributed by atoms with Gasteiger partial charge in [-0.25, -0.2) is 9.07 Å². The van der Waals surface area contributed by atoms with E-state index < -0.39 is 5.82 Å². The Balaban J connectivity index is 1.80. The average molecular weight is 399 g/mol. The van der Waals surface area contributed by atoms with Gasteiger partial charge in [-0.3, -0.25) is 0 Å². The van der Waals surface area contributed by atoms with Crippen molar-refractivity contribution >= 4 is 35.0 Å². The Morgan fingerprint density at radius 3 is 2.72 bits per heavy atom. The minimum Gasteiger partial charge on any atom is -0.494 e. The fraction of sp³-hybridized carbons (Fsp3) is 0.125. The highest BCUT2D eigenvalue weighted by Crippen LogP contribution is 2.31. The first-order valence-electron chi connectivity index (χ1n) is 7.10. The van der Waals surface area contributed by atoms with Crippen LogP contribution in [0.25, 0.3) is 11.4 Å². The smallest absolute Gasteiger partial charge is 0.210 e. The summed E-state index contributed by atoms with van der Waals surface area (Å²) in [6.07, 6.45) is 0. The number of hydrogen-bond acceptors (Lipinski definition) is 5. The first-order chi connectivity index (χ1) is 12.0. The summed E-state index contributed by atoms with van der Waals surface area (Å²) in [5.41, 5.74) is 1.36. The number of halogens is 3. The van der Waals surface area contributed by atoms with Gasteiger partial charge >= 0.3 is 0 Å². The first-order valence-corrected chi connectivity index (χ1v) is 8.85. The van der Waals surface area contributed by atoms with Crippen LogP contribution in [0.2, 0.25) is 10.0 Å². The molecule has 9 heteroatoms. The molecule has 0 saturated heterocycles. The molecule has 0 saturated carbocycles. The molecule has 3 aromatic rings. The number of nitrogens with two attached hydrogens (primary N) is 1. The number of rotatable bonds is 5. The van der Waals surface area contributed by atoms with Crippen LogP contribution in [0.5, 0.6) is 5.75 Å². The van der Waals surface area contributed by atoms with E-state index in [1.807, 2.05) is 0 Å². The zero-order chi connectivity index (χ0) is 18.0. The summed E-state index contributed by atoms with van der Waals surface area (Å²) in [6, 6.07) is 9.79. The summed E-state index contributed by atoms with van der Waals surface area (Å²) in [7, 11) is 1.42. The average Bonchev–Trinajstić information content (AvgIpc) is 2.96. The van der Waals surface area contributed by atoms with Gasteiger partial charge in [0, 0.05) is 16.3 Å². The van der Waals surface area contributed by atoms with Crippen LogP contribution in [0.15, 0.2) is 41.6 Å². The number of ether oxygens (including phenoxy) is 1. The van der Waals surface area contributed by atoms with Crippen LogP contribution in [0, 0.1) is 5.82 Å². The van der Waals surface area contributed by atoms with Gasteiger partial charge in [0.05, 0.1) is 12.1 Å². The second-order valence-electron chi connectivity index (χ2n) is 5.06. The number of hydrogen-bond donors (Lipinski definition) is 1. The topological polar surface area (TPSA) is 66.0 Å². The number of thioether (sulfide) groups is 1. The van der Waals surface area contributed by atoms with Gasteiger partial charge in [-0.1, -0.05) is 41.0 Å². The fourth-order valence-corrected chi connectivity index (χ4v) is 3.35. The lowest BCUT2D eigenvalue weighted by Gasteiger charge is -2.07. The molecular formula is C16H13Cl2FN4OS. The molecule has 0 bridgehead atoms. The second kappa shape index (κ2) is 7.51. The third-order valence-corrected chi connectivity index (χ3v) is 5.00. The van der Waals surface area contributed by atoms with Crippen molar-refractivity contribution in [2.24, 2.45) is 0 Å². The number of benzene rings is 2. The minimum absolute atomic E-state index is 0.202. The van der Waals surface area contributed by atoms with Crippen LogP contribution < -0.4 is 10.6 Å². The molecule has 0 aliphatic heterocycles. The second-order valence-corrected chi connectivity index (χ2v) is 6.84. The summed E-state index contributed by atoms with van der Waals surface area (Å²) in [5, 5.41) is 9.60. The maximum Gasteiger partial charge on any atom is 0.210 e. The van der Waals surface area contributed by atoms with E-state index in [1.54, 1.807) is 30.3 Å². The van der Waals surface area contributed by atoms with Crippen molar-refractivity contribution in [2.45, 2.75) is 10.9 Å². The Hall–Kier alpha value is -1.96. The molecule has 0 aliphatic rings. The summed E-state index contributed by atoms with van der Waals surface area (Å²) in [6.45, 7) is 0. The highest BCUT2D eigenvalue weighted by atomic mass is 35.5. The number of nitrogen functional groups attached to an aromatic ring is 1. The Morgan fingerprint density at radius 2 is 2.00 bits per heavy atom. The van der Waals surface area contributed by atoms with Gasteiger partial charge < -0.3 is 10.6 Å². The molecule has 2 aromatic carbocycles. The molecule has 0 aliphatic carbocycles. The van der Waals surface area contributed by atoms with Crippen LogP contribution in [0.1, 0.15) is 5.56 Å². The van der Waals surface area contributed by atoms with Crippen molar-refractivity contribution in [3.05, 3.63) is 57.8 Å². The van der Waals surface area contributed by atoms with E-state index in [9.17, 15) is 4.39 Å². The van der Waals surface area contributed by atoms with E-state index in [-0.39, 0.29) is 5.75 Å². The van der Waals surface area contributed by atoms with E-state index >= 15 is 0 Å². The van der Waals surface area contributed by atoms with E-state index in [0.717, 1.165) is 5.56 Å². The highest BCUT2D eigenvalue weighted by molar-refractivity contribution is 7.98. The molecular weight excluding hydrogens is 386 g/mol. The van der Waals surface area contributed by atoms with E-state index in [4.69, 9.17) is 33.8 Å². The molecule has 0 radical (unpaired) electrons. The largest absolute Gasteiger partial charge is 0.494 e. The summed E-state index contributed by atoms with van der Waals surface area (Å²) >= 11 is 13.5. The van der Waals surface area contributed by atoms with Crippen LogP contribution in [0.3, 0.4) is 0 Å². The number of methoxy groups -OCH3 is 1. The summed E-state index contributed by atoms with van der Waals surface area (Å²) < 4.78 is 20.0. The third kappa shape index (κ3) is 3.84. The lowest BCUT2D eigenvalue weighted by atomic mass is 10.2. The predicted octanol–water partition coefficient (Wildman–Crippen LogP) is 4.41. The molecule has 0 spiro atoms. The fourth-order valence-electron chi connectivity index (χ4n) is 2.18. The van der Waals surface area contributed by atoms with Crippen LogP contribution in [0.4, 0.5) is 4.39 Å². The zero-order valence-corrected chi connectivity index (χ0v) is 15.4. The number of aromatic nitrogens is 3. The molecule has 1 aromatic heterocycles. The SMILES string of the molecule is COc1ccc(CSc2nnc(-c3cc(Cl)ccc3Cl)n2N)cc1F. The van der Waals surface area contributed by atoms with Gasteiger partial charge in [-0.05, 0) is 35.9 Å². The van der Waals surface area contributed by atoms with Gasteiger partial charge in [0.1, 0.15) is 0 Å². The lowest BCUT2D eigenvalue weighted by molar-refractivity contribution is 0.386. The van der Waals surface area contributed by atoms with Crippen molar-refractivity contribution in [1.82, 2.24) is 14.9 Å². The van der Waals surface area contributed by atoms with Crippen LogP contribution >= 0.6 is 35.0 Å². The predicted molar refractivity (Wildman–Crippen MR) is 98.1 cm³/mol. The lowest BCUT2D eigenvalue weighted by Crippen LogP contribution is -2.11. The first kappa shape index (κ1) is 17.8. The summed E-state index contributed by atoms with van der Waals surface area (Å²) in [5.74, 6) is 6.73. The van der Waals surface area contributed by atoms with Crippen molar-refractivity contribution in [1.29, 1.82) is 0 Å². The maximum absolute atomic E-state index is 13.7. The monoisotopic (exact) mass is 398 g/mol. The highest BCUT2D eigenvalue weighted by Gasteiger charge is 2.15. The van der Waals surface area contributed by atoms with Crippen molar-refractivity contribution in [3.8, 4) is 17.1 Å². The van der Waals surface area contributed by atoms with E-state index in [1.165, 1.54) is 29.6 Å². The molecule has 0 fully saturated rings. The minimum atomic E-state index is -0.416. The van der Waals surface area contributed by atoms with Crippen molar-refractivity contribution in [3.63, 3.8) is 0 Å². The number of nitrogens with zero attached hydrogens (tertiary/aromatic N) is 3. The Bertz CT molecular complexity index is 919. The molecule has 1 heterocycles. The molecule has 0 amide bonds. The van der Waals surface area contributed by atoms with E-state index in [2.05, 4.69) is 10.2 Å². The van der Waals surface area contributed by atoms with Gasteiger partial charge in [-0.2, -0.15) is 0 Å². The van der Waals surface area contributed by atoms with Gasteiger partial charge in [0.2, 0.25) is 5.16 Å². The normalized spacial score (nSPS) is 10.9. The Morgan fingerprint density at radius 1 is 1.20 bits per heavy atom. The molecule has 5 nitrogen and oxygen atoms in total. The Labute approximate surface area is 157 Å². The van der Waals surface area contributed by atoms with Crippen molar-refractivity contribution in [2.75, 3.05) is 13.0 Å². The van der Waals surface area contributed by atoms with Gasteiger partial charge in [0.25, 0.3) is 0 Å². The molecule has 2 N–H and O–H groups in total. The maximum atomic E-state index is 13.7. The van der Waals surface area contributed by atoms with Crippen molar-refractivity contribution < 1.29 is 9.13 Å². The summed E-state index contributed by atoms with van der Waals surface area (Å²) in [4.78, 5) is 0. The van der Waals surface area contributed by atoms with Crippen LogP contribution in [-0.2, 0) is 5.75 Å². The van der Waals surface area contributed by atoms with Gasteiger partial charge in [0.15, 0.2) is 17.4 Å². The molecule has 25 heavy (non-hydrogen) atoms. The Kier molecular flexibility index (Phi) is 5.36. The van der Waals surface area contributed by atoms with Crippen LogP contribution in [-0.4, -0.2) is 22.0 Å². The molecule has 130 valence electrons. The quantitative estimate of drug-likeness (QED) is 0.509. The molecule has 3 rings (SSSR count). The molecule has 0 atom stereocenters. The van der Waals surface area contributed by atoms with Gasteiger partial charge in [-0.15, -0.1) is 10.2 Å². The standard InChI is InChI=1S/C16H13Cl2FN4OS/c1-24-14-5-2-9(6-13(14)19)8-25-16-22-21-15(23(16)20)11-7-10(17)3-4-12(11)18/h2-7H,8,20H2,1H3.